The Kier molecular flexibility index (Phi) is 7.60. The lowest BCUT2D eigenvalue weighted by atomic mass is 10.1. The molecule has 0 fully saturated rings. The summed E-state index contributed by atoms with van der Waals surface area (Å²) in [6.07, 6.45) is 0.906. The fraction of sp³-hybridized carbons (Fsp3) is 0.240. The van der Waals surface area contributed by atoms with Crippen molar-refractivity contribution in [2.75, 3.05) is 23.8 Å². The third-order valence-corrected chi connectivity index (χ3v) is 6.40. The van der Waals surface area contributed by atoms with Gasteiger partial charge < -0.3 is 14.8 Å². The molecule has 33 heavy (non-hydrogen) atoms. The van der Waals surface area contributed by atoms with E-state index in [4.69, 9.17) is 9.47 Å². The van der Waals surface area contributed by atoms with Gasteiger partial charge in [-0.3, -0.25) is 9.52 Å². The van der Waals surface area contributed by atoms with E-state index in [9.17, 15) is 13.2 Å². The van der Waals surface area contributed by atoms with E-state index in [1.54, 1.807) is 49.4 Å². The van der Waals surface area contributed by atoms with Crippen molar-refractivity contribution in [2.45, 2.75) is 32.1 Å². The van der Waals surface area contributed by atoms with Gasteiger partial charge in [-0.1, -0.05) is 13.0 Å². The SMILES string of the molecule is CCCOc1ccc(NC(=O)c2cc(S(=O)(=O)Nc3ccc(OC)cc3)ccc2C)c(C)c1. The second-order valence-corrected chi connectivity index (χ2v) is 9.27. The summed E-state index contributed by atoms with van der Waals surface area (Å²) in [4.78, 5) is 13.0. The topological polar surface area (TPSA) is 93.7 Å². The lowest BCUT2D eigenvalue weighted by Crippen LogP contribution is -2.17. The minimum absolute atomic E-state index is 0.00546. The molecule has 0 aliphatic rings. The highest BCUT2D eigenvalue weighted by molar-refractivity contribution is 7.92. The first kappa shape index (κ1) is 24.1. The number of hydrogen-bond acceptors (Lipinski definition) is 5. The molecule has 174 valence electrons. The molecule has 0 aliphatic carbocycles. The summed E-state index contributed by atoms with van der Waals surface area (Å²) in [7, 11) is -2.35. The second-order valence-electron chi connectivity index (χ2n) is 7.59. The fourth-order valence-corrected chi connectivity index (χ4v) is 4.25. The lowest BCUT2D eigenvalue weighted by molar-refractivity contribution is 0.102. The van der Waals surface area contributed by atoms with E-state index < -0.39 is 10.0 Å². The van der Waals surface area contributed by atoms with E-state index in [-0.39, 0.29) is 16.4 Å². The summed E-state index contributed by atoms with van der Waals surface area (Å²) in [6.45, 7) is 6.29. The van der Waals surface area contributed by atoms with E-state index >= 15 is 0 Å². The molecule has 0 bridgehead atoms. The highest BCUT2D eigenvalue weighted by Crippen LogP contribution is 2.24. The molecule has 0 saturated heterocycles. The first-order valence-electron chi connectivity index (χ1n) is 10.6. The summed E-state index contributed by atoms with van der Waals surface area (Å²) >= 11 is 0. The van der Waals surface area contributed by atoms with Crippen LogP contribution in [0.3, 0.4) is 0 Å². The summed E-state index contributed by atoms with van der Waals surface area (Å²) in [5, 5.41) is 2.87. The largest absolute Gasteiger partial charge is 0.497 e. The molecule has 1 amide bonds. The molecular formula is C25H28N2O5S. The van der Waals surface area contributed by atoms with Crippen LogP contribution in [-0.4, -0.2) is 28.0 Å². The highest BCUT2D eigenvalue weighted by Gasteiger charge is 2.19. The molecule has 0 heterocycles. The molecule has 3 aromatic carbocycles. The normalized spacial score (nSPS) is 11.0. The van der Waals surface area contributed by atoms with E-state index in [0.29, 0.717) is 29.3 Å². The first-order valence-corrected chi connectivity index (χ1v) is 12.0. The molecule has 0 atom stereocenters. The van der Waals surface area contributed by atoms with Crippen molar-refractivity contribution in [1.29, 1.82) is 0 Å². The van der Waals surface area contributed by atoms with Crippen LogP contribution in [-0.2, 0) is 10.0 Å². The molecule has 3 aromatic rings. The number of hydrogen-bond donors (Lipinski definition) is 2. The van der Waals surface area contributed by atoms with Gasteiger partial charge in [-0.2, -0.15) is 0 Å². The summed E-state index contributed by atoms with van der Waals surface area (Å²) in [6, 6.07) is 16.4. The smallest absolute Gasteiger partial charge is 0.261 e. The maximum Gasteiger partial charge on any atom is 0.261 e. The number of aryl methyl sites for hydroxylation is 2. The van der Waals surface area contributed by atoms with E-state index in [1.807, 2.05) is 19.9 Å². The Morgan fingerprint density at radius 2 is 1.61 bits per heavy atom. The molecule has 7 nitrogen and oxygen atoms in total. The van der Waals surface area contributed by atoms with Crippen LogP contribution < -0.4 is 19.5 Å². The Morgan fingerprint density at radius 3 is 2.24 bits per heavy atom. The van der Waals surface area contributed by atoms with Crippen LogP contribution in [0, 0.1) is 13.8 Å². The maximum atomic E-state index is 13.0. The van der Waals surface area contributed by atoms with Crippen molar-refractivity contribution < 1.29 is 22.7 Å². The zero-order valence-electron chi connectivity index (χ0n) is 19.1. The molecule has 0 aliphatic heterocycles. The predicted octanol–water partition coefficient (Wildman–Crippen LogP) is 5.15. The van der Waals surface area contributed by atoms with Crippen LogP contribution >= 0.6 is 0 Å². The Hall–Kier alpha value is -3.52. The van der Waals surface area contributed by atoms with Gasteiger partial charge in [-0.15, -0.1) is 0 Å². The Bertz CT molecular complexity index is 1240. The van der Waals surface area contributed by atoms with Gasteiger partial charge in [0.1, 0.15) is 11.5 Å². The number of ether oxygens (including phenoxy) is 2. The summed E-state index contributed by atoms with van der Waals surface area (Å²) < 4.78 is 39.0. The number of rotatable bonds is 9. The van der Waals surface area contributed by atoms with Crippen LogP contribution in [0.15, 0.2) is 65.6 Å². The van der Waals surface area contributed by atoms with Crippen molar-refractivity contribution in [3.63, 3.8) is 0 Å². The second kappa shape index (κ2) is 10.4. The number of amides is 1. The van der Waals surface area contributed by atoms with Gasteiger partial charge in [0.2, 0.25) is 0 Å². The number of methoxy groups -OCH3 is 1. The third kappa shape index (κ3) is 6.04. The van der Waals surface area contributed by atoms with Gasteiger partial charge >= 0.3 is 0 Å². The minimum atomic E-state index is -3.89. The zero-order valence-corrected chi connectivity index (χ0v) is 20.0. The van der Waals surface area contributed by atoms with Crippen molar-refractivity contribution in [3.8, 4) is 11.5 Å². The number of nitrogens with one attached hydrogen (secondary N) is 2. The van der Waals surface area contributed by atoms with Gasteiger partial charge in [0.05, 0.1) is 18.6 Å². The van der Waals surface area contributed by atoms with Crippen molar-refractivity contribution in [3.05, 3.63) is 77.4 Å². The van der Waals surface area contributed by atoms with Crippen LogP contribution in [0.1, 0.15) is 34.8 Å². The Labute approximate surface area is 194 Å². The van der Waals surface area contributed by atoms with Crippen LogP contribution in [0.25, 0.3) is 0 Å². The standard InChI is InChI=1S/C25H28N2O5S/c1-5-14-32-21-11-13-24(18(3)15-21)26-25(28)23-16-22(12-6-17(23)2)33(29,30)27-19-7-9-20(31-4)10-8-19/h6-13,15-16,27H,5,14H2,1-4H3,(H,26,28). The zero-order chi connectivity index (χ0) is 24.0. The molecule has 0 saturated carbocycles. The van der Waals surface area contributed by atoms with Gasteiger partial charge in [0.15, 0.2) is 0 Å². The minimum Gasteiger partial charge on any atom is -0.497 e. The van der Waals surface area contributed by atoms with E-state index in [1.165, 1.54) is 19.2 Å². The molecular weight excluding hydrogens is 440 g/mol. The van der Waals surface area contributed by atoms with Gasteiger partial charge in [0.25, 0.3) is 15.9 Å². The van der Waals surface area contributed by atoms with Gasteiger partial charge in [0, 0.05) is 16.9 Å². The first-order chi connectivity index (χ1) is 15.7. The van der Waals surface area contributed by atoms with Gasteiger partial charge in [-0.05, 0) is 86.0 Å². The molecule has 8 heteroatoms. The Morgan fingerprint density at radius 1 is 0.909 bits per heavy atom. The molecule has 0 aromatic heterocycles. The fourth-order valence-electron chi connectivity index (χ4n) is 3.16. The average Bonchev–Trinajstić information content (AvgIpc) is 2.79. The maximum absolute atomic E-state index is 13.0. The number of benzene rings is 3. The van der Waals surface area contributed by atoms with Gasteiger partial charge in [-0.25, -0.2) is 8.42 Å². The molecule has 0 unspecified atom stereocenters. The number of anilines is 2. The Balaban J connectivity index is 1.80. The lowest BCUT2D eigenvalue weighted by Gasteiger charge is -2.14. The predicted molar refractivity (Wildman–Crippen MR) is 130 cm³/mol. The molecule has 2 N–H and O–H groups in total. The molecule has 3 rings (SSSR count). The van der Waals surface area contributed by atoms with Crippen molar-refractivity contribution in [2.24, 2.45) is 0 Å². The molecule has 0 spiro atoms. The van der Waals surface area contributed by atoms with Crippen LogP contribution in [0.2, 0.25) is 0 Å². The van der Waals surface area contributed by atoms with Crippen LogP contribution in [0.5, 0.6) is 11.5 Å². The van der Waals surface area contributed by atoms with E-state index in [2.05, 4.69) is 10.0 Å². The molecule has 0 radical (unpaired) electrons. The average molecular weight is 469 g/mol. The summed E-state index contributed by atoms with van der Waals surface area (Å²) in [5.41, 5.74) is 2.81. The van der Waals surface area contributed by atoms with E-state index in [0.717, 1.165) is 17.7 Å². The monoisotopic (exact) mass is 468 g/mol. The van der Waals surface area contributed by atoms with Crippen molar-refractivity contribution in [1.82, 2.24) is 0 Å². The highest BCUT2D eigenvalue weighted by atomic mass is 32.2. The number of carbonyl (C=O) groups is 1. The van der Waals surface area contributed by atoms with Crippen LogP contribution in [0.4, 0.5) is 11.4 Å². The quantitative estimate of drug-likeness (QED) is 0.453. The third-order valence-electron chi connectivity index (χ3n) is 5.03. The van der Waals surface area contributed by atoms with Crippen molar-refractivity contribution >= 4 is 27.3 Å². The number of carbonyl (C=O) groups excluding carboxylic acids is 1. The summed E-state index contributed by atoms with van der Waals surface area (Å²) in [5.74, 6) is 0.966. The number of sulfonamides is 1.